The largest absolute Gasteiger partial charge is 0.494 e. The highest BCUT2D eigenvalue weighted by Crippen LogP contribution is 2.28. The Bertz CT molecular complexity index is 890. The molecule has 0 unspecified atom stereocenters. The van der Waals surface area contributed by atoms with E-state index in [1.807, 2.05) is 0 Å². The molecule has 6 heteroatoms. The summed E-state index contributed by atoms with van der Waals surface area (Å²) in [7, 11) is 1.48. The number of hydrogen-bond acceptors (Lipinski definition) is 5. The van der Waals surface area contributed by atoms with E-state index in [9.17, 15) is 14.7 Å². The predicted octanol–water partition coefficient (Wildman–Crippen LogP) is 2.30. The average molecular weight is 282 g/mol. The fraction of sp³-hybridized carbons (Fsp3) is 0.0667. The highest BCUT2D eigenvalue weighted by Gasteiger charge is 2.15. The first-order chi connectivity index (χ1) is 10.2. The van der Waals surface area contributed by atoms with Gasteiger partial charge in [-0.1, -0.05) is 6.07 Å². The Morgan fingerprint density at radius 2 is 1.95 bits per heavy atom. The third-order valence-electron chi connectivity index (χ3n) is 3.19. The Morgan fingerprint density at radius 3 is 2.62 bits per heavy atom. The second-order valence-electron chi connectivity index (χ2n) is 4.37. The van der Waals surface area contributed by atoms with Gasteiger partial charge in [0.15, 0.2) is 6.29 Å². The van der Waals surface area contributed by atoms with Gasteiger partial charge in [-0.3, -0.25) is 4.79 Å². The summed E-state index contributed by atoms with van der Waals surface area (Å²) in [5.74, 6) is -0.648. The van der Waals surface area contributed by atoms with Crippen LogP contribution in [-0.4, -0.2) is 34.4 Å². The van der Waals surface area contributed by atoms with Gasteiger partial charge in [0, 0.05) is 5.56 Å². The molecule has 1 heterocycles. The standard InChI is InChI=1S/C15H10N2O4/c1-21-11-6-5-8(7-18)12-14(11)17-13-9(15(19)20)3-2-4-10(13)16-12/h2-7H,1H3,(H,19,20). The van der Waals surface area contributed by atoms with E-state index in [0.717, 1.165) is 0 Å². The number of carboxylic acids is 1. The van der Waals surface area contributed by atoms with Gasteiger partial charge in [0.1, 0.15) is 22.3 Å². The Morgan fingerprint density at radius 1 is 1.14 bits per heavy atom. The Balaban J connectivity index is 2.51. The van der Waals surface area contributed by atoms with Gasteiger partial charge in [-0.25, -0.2) is 14.8 Å². The van der Waals surface area contributed by atoms with Crippen molar-refractivity contribution in [2.45, 2.75) is 0 Å². The number of aromatic carboxylic acids is 1. The van der Waals surface area contributed by atoms with E-state index in [2.05, 4.69) is 9.97 Å². The van der Waals surface area contributed by atoms with Crippen LogP contribution in [-0.2, 0) is 0 Å². The minimum Gasteiger partial charge on any atom is -0.494 e. The van der Waals surface area contributed by atoms with Crippen LogP contribution < -0.4 is 4.74 Å². The number of aromatic nitrogens is 2. The van der Waals surface area contributed by atoms with E-state index in [0.29, 0.717) is 34.1 Å². The first-order valence-corrected chi connectivity index (χ1v) is 6.11. The number of carbonyl (C=O) groups excluding carboxylic acids is 1. The molecule has 0 radical (unpaired) electrons. The molecule has 6 nitrogen and oxygen atoms in total. The first kappa shape index (κ1) is 13.0. The van der Waals surface area contributed by atoms with Crippen LogP contribution in [0.1, 0.15) is 20.7 Å². The van der Waals surface area contributed by atoms with Gasteiger partial charge in [-0.15, -0.1) is 0 Å². The quantitative estimate of drug-likeness (QED) is 0.585. The molecule has 1 aromatic heterocycles. The molecule has 0 aliphatic heterocycles. The van der Waals surface area contributed by atoms with Gasteiger partial charge in [0.05, 0.1) is 18.2 Å². The Labute approximate surface area is 119 Å². The second kappa shape index (κ2) is 4.82. The number of hydrogen-bond donors (Lipinski definition) is 1. The number of nitrogens with zero attached hydrogens (tertiary/aromatic N) is 2. The monoisotopic (exact) mass is 282 g/mol. The molecule has 0 fully saturated rings. The van der Waals surface area contributed by atoms with Crippen molar-refractivity contribution in [2.24, 2.45) is 0 Å². The normalized spacial score (nSPS) is 10.7. The maximum Gasteiger partial charge on any atom is 0.337 e. The number of methoxy groups -OCH3 is 1. The van der Waals surface area contributed by atoms with Crippen molar-refractivity contribution in [3.05, 3.63) is 41.5 Å². The molecule has 2 aromatic carbocycles. The summed E-state index contributed by atoms with van der Waals surface area (Å²) in [5, 5.41) is 9.23. The fourth-order valence-electron chi connectivity index (χ4n) is 2.21. The summed E-state index contributed by atoms with van der Waals surface area (Å²) in [5.41, 5.74) is 1.86. The smallest absolute Gasteiger partial charge is 0.337 e. The molecule has 1 N–H and O–H groups in total. The van der Waals surface area contributed by atoms with Gasteiger partial charge < -0.3 is 9.84 Å². The predicted molar refractivity (Wildman–Crippen MR) is 75.9 cm³/mol. The van der Waals surface area contributed by atoms with Gasteiger partial charge >= 0.3 is 5.97 Å². The summed E-state index contributed by atoms with van der Waals surface area (Å²) in [6.45, 7) is 0. The molecule has 21 heavy (non-hydrogen) atoms. The lowest BCUT2D eigenvalue weighted by Gasteiger charge is -2.08. The molecule has 0 spiro atoms. The number of carbonyl (C=O) groups is 2. The van der Waals surface area contributed by atoms with Crippen LogP contribution in [0.3, 0.4) is 0 Å². The minimum absolute atomic E-state index is 0.0560. The van der Waals surface area contributed by atoms with E-state index in [1.54, 1.807) is 24.3 Å². The van der Waals surface area contributed by atoms with Crippen LogP contribution in [0.15, 0.2) is 30.3 Å². The summed E-state index contributed by atoms with van der Waals surface area (Å²) >= 11 is 0. The molecule has 3 aromatic rings. The molecule has 0 aliphatic rings. The van der Waals surface area contributed by atoms with E-state index >= 15 is 0 Å². The molecule has 0 aliphatic carbocycles. The maximum atomic E-state index is 11.3. The molecule has 0 atom stereocenters. The molecule has 0 bridgehead atoms. The lowest BCUT2D eigenvalue weighted by molar-refractivity contribution is 0.0698. The molecular formula is C15H10N2O4. The summed E-state index contributed by atoms with van der Waals surface area (Å²) < 4.78 is 5.21. The molecular weight excluding hydrogens is 272 g/mol. The number of ether oxygens (including phenoxy) is 1. The van der Waals surface area contributed by atoms with Crippen LogP contribution in [0.5, 0.6) is 5.75 Å². The van der Waals surface area contributed by atoms with Crippen molar-refractivity contribution < 1.29 is 19.4 Å². The number of fused-ring (bicyclic) bond motifs is 2. The van der Waals surface area contributed by atoms with E-state index in [4.69, 9.17) is 4.74 Å². The van der Waals surface area contributed by atoms with Crippen LogP contribution in [0.2, 0.25) is 0 Å². The zero-order valence-electron chi connectivity index (χ0n) is 11.0. The van der Waals surface area contributed by atoms with Crippen molar-refractivity contribution in [1.82, 2.24) is 9.97 Å². The van der Waals surface area contributed by atoms with E-state index < -0.39 is 5.97 Å². The highest BCUT2D eigenvalue weighted by molar-refractivity contribution is 6.05. The van der Waals surface area contributed by atoms with E-state index in [1.165, 1.54) is 13.2 Å². The number of carboxylic acid groups (broad SMARTS) is 1. The third kappa shape index (κ3) is 1.97. The molecule has 0 amide bonds. The third-order valence-corrected chi connectivity index (χ3v) is 3.19. The molecule has 3 rings (SSSR count). The average Bonchev–Trinajstić information content (AvgIpc) is 2.51. The number of benzene rings is 2. The van der Waals surface area contributed by atoms with Crippen LogP contribution in [0.25, 0.3) is 22.1 Å². The summed E-state index contributed by atoms with van der Waals surface area (Å²) in [6.07, 6.45) is 0.684. The Kier molecular flexibility index (Phi) is 2.98. The topological polar surface area (TPSA) is 89.4 Å². The number of rotatable bonds is 3. The highest BCUT2D eigenvalue weighted by atomic mass is 16.5. The van der Waals surface area contributed by atoms with Crippen LogP contribution >= 0.6 is 0 Å². The van der Waals surface area contributed by atoms with Gasteiger partial charge in [0.25, 0.3) is 0 Å². The van der Waals surface area contributed by atoms with Gasteiger partial charge in [0.2, 0.25) is 0 Å². The summed E-state index contributed by atoms with van der Waals surface area (Å²) in [4.78, 5) is 31.1. The minimum atomic E-state index is -1.08. The van der Waals surface area contributed by atoms with Crippen LogP contribution in [0, 0.1) is 0 Å². The van der Waals surface area contributed by atoms with Crippen molar-refractivity contribution >= 4 is 34.3 Å². The van der Waals surface area contributed by atoms with Crippen molar-refractivity contribution in [3.63, 3.8) is 0 Å². The number of aldehydes is 1. The fourth-order valence-corrected chi connectivity index (χ4v) is 2.21. The molecule has 104 valence electrons. The maximum absolute atomic E-state index is 11.3. The van der Waals surface area contributed by atoms with E-state index in [-0.39, 0.29) is 11.1 Å². The molecule has 0 saturated carbocycles. The lowest BCUT2D eigenvalue weighted by Crippen LogP contribution is -2.01. The zero-order valence-corrected chi connectivity index (χ0v) is 11.0. The Hall–Kier alpha value is -3.02. The molecule has 0 saturated heterocycles. The van der Waals surface area contributed by atoms with Crippen molar-refractivity contribution in [3.8, 4) is 5.75 Å². The van der Waals surface area contributed by atoms with Crippen molar-refractivity contribution in [1.29, 1.82) is 0 Å². The summed E-state index contributed by atoms with van der Waals surface area (Å²) in [6, 6.07) is 7.91. The zero-order chi connectivity index (χ0) is 15.0. The SMILES string of the molecule is COc1ccc(C=O)c2nc3cccc(C(=O)O)c3nc12. The second-order valence-corrected chi connectivity index (χ2v) is 4.37. The van der Waals surface area contributed by atoms with Gasteiger partial charge in [-0.05, 0) is 24.3 Å². The number of para-hydroxylation sites is 1. The van der Waals surface area contributed by atoms with Crippen LogP contribution in [0.4, 0.5) is 0 Å². The van der Waals surface area contributed by atoms with Crippen molar-refractivity contribution in [2.75, 3.05) is 7.11 Å². The van der Waals surface area contributed by atoms with Gasteiger partial charge in [-0.2, -0.15) is 0 Å². The first-order valence-electron chi connectivity index (χ1n) is 6.11. The lowest BCUT2D eigenvalue weighted by atomic mass is 10.1.